The number of methoxy groups -OCH3 is 4. The Labute approximate surface area is 197 Å². The number of carbonyl (C=O) groups is 2. The number of benzene rings is 2. The molecule has 2 amide bonds. The van der Waals surface area contributed by atoms with Gasteiger partial charge in [-0.2, -0.15) is 0 Å². The number of rotatable bonds is 8. The lowest BCUT2D eigenvalue weighted by molar-refractivity contribution is -0.137. The third-order valence-corrected chi connectivity index (χ3v) is 5.82. The molecular weight excluding hydrogens is 438 g/mol. The van der Waals surface area contributed by atoms with E-state index in [0.29, 0.717) is 39.9 Å². The summed E-state index contributed by atoms with van der Waals surface area (Å²) in [5.41, 5.74) is 0.276. The van der Waals surface area contributed by atoms with E-state index in [2.05, 4.69) is 10.3 Å². The van der Waals surface area contributed by atoms with Crippen molar-refractivity contribution in [2.75, 3.05) is 38.7 Å². The first-order chi connectivity index (χ1) is 16.5. The van der Waals surface area contributed by atoms with E-state index < -0.39 is 5.54 Å². The molecule has 2 heterocycles. The number of pyridine rings is 1. The molecule has 1 unspecified atom stereocenters. The van der Waals surface area contributed by atoms with E-state index in [-0.39, 0.29) is 18.2 Å². The first-order valence-corrected chi connectivity index (χ1v) is 10.5. The van der Waals surface area contributed by atoms with Gasteiger partial charge in [0.2, 0.25) is 5.91 Å². The Kier molecular flexibility index (Phi) is 6.27. The smallest absolute Gasteiger partial charge is 0.255 e. The number of anilines is 2. The molecule has 0 spiro atoms. The molecule has 9 heteroatoms. The van der Waals surface area contributed by atoms with E-state index in [1.54, 1.807) is 60.9 Å². The molecule has 1 saturated heterocycles. The van der Waals surface area contributed by atoms with Gasteiger partial charge < -0.3 is 24.3 Å². The van der Waals surface area contributed by atoms with Crippen LogP contribution in [0.1, 0.15) is 12.0 Å². The van der Waals surface area contributed by atoms with Crippen LogP contribution in [0.5, 0.6) is 23.0 Å². The molecule has 1 aliphatic heterocycles. The molecule has 0 aliphatic carbocycles. The van der Waals surface area contributed by atoms with Crippen molar-refractivity contribution in [1.82, 2.24) is 4.98 Å². The number of aromatic nitrogens is 1. The number of amides is 2. The summed E-state index contributed by atoms with van der Waals surface area (Å²) in [6.45, 7) is 0. The summed E-state index contributed by atoms with van der Waals surface area (Å²) >= 11 is 0. The topological polar surface area (TPSA) is 99.2 Å². The van der Waals surface area contributed by atoms with Crippen molar-refractivity contribution in [1.29, 1.82) is 0 Å². The normalized spacial score (nSPS) is 16.9. The van der Waals surface area contributed by atoms with Crippen LogP contribution in [0.3, 0.4) is 0 Å². The van der Waals surface area contributed by atoms with Gasteiger partial charge in [0.25, 0.3) is 5.91 Å². The predicted octanol–water partition coefficient (Wildman–Crippen LogP) is 3.39. The highest BCUT2D eigenvalue weighted by Gasteiger charge is 2.58. The van der Waals surface area contributed by atoms with Crippen LogP contribution in [0.25, 0.3) is 0 Å². The third kappa shape index (κ3) is 3.75. The van der Waals surface area contributed by atoms with Crippen LogP contribution in [-0.2, 0) is 15.1 Å². The highest BCUT2D eigenvalue weighted by molar-refractivity contribution is 6.17. The maximum atomic E-state index is 13.8. The standard InChI is InChI=1S/C25H25N3O6/c1-31-19-9-7-17(12-21(19)33-3)27-24(30)25(16-6-5-11-26-15-16)14-23(29)28(25)18-8-10-20(32-2)22(13-18)34-4/h5-13,15H,14H2,1-4H3,(H,27,30). The molecule has 3 aromatic rings. The minimum Gasteiger partial charge on any atom is -0.493 e. The molecule has 0 saturated carbocycles. The van der Waals surface area contributed by atoms with Crippen molar-refractivity contribution < 1.29 is 28.5 Å². The monoisotopic (exact) mass is 463 g/mol. The van der Waals surface area contributed by atoms with Gasteiger partial charge in [0.1, 0.15) is 0 Å². The first-order valence-electron chi connectivity index (χ1n) is 10.5. The number of ether oxygens (including phenoxy) is 4. The minimum absolute atomic E-state index is 0.0217. The van der Waals surface area contributed by atoms with Gasteiger partial charge in [-0.15, -0.1) is 0 Å². The molecule has 176 valence electrons. The fourth-order valence-electron chi connectivity index (χ4n) is 4.13. The summed E-state index contributed by atoms with van der Waals surface area (Å²) < 4.78 is 21.3. The summed E-state index contributed by atoms with van der Waals surface area (Å²) in [5, 5.41) is 2.93. The number of nitrogens with one attached hydrogen (secondary N) is 1. The predicted molar refractivity (Wildman–Crippen MR) is 126 cm³/mol. The van der Waals surface area contributed by atoms with Crippen molar-refractivity contribution in [2.24, 2.45) is 0 Å². The summed E-state index contributed by atoms with van der Waals surface area (Å²) in [4.78, 5) is 32.4. The SMILES string of the molecule is COc1ccc(NC(=O)C2(c3cccnc3)CC(=O)N2c2ccc(OC)c(OC)c2)cc1OC. The lowest BCUT2D eigenvalue weighted by Gasteiger charge is -2.50. The summed E-state index contributed by atoms with van der Waals surface area (Å²) in [6, 6.07) is 13.7. The second-order valence-corrected chi connectivity index (χ2v) is 7.57. The highest BCUT2D eigenvalue weighted by atomic mass is 16.5. The van der Waals surface area contributed by atoms with Crippen molar-refractivity contribution in [3.63, 3.8) is 0 Å². The minimum atomic E-state index is -1.31. The Morgan fingerprint density at radius 1 is 0.912 bits per heavy atom. The van der Waals surface area contributed by atoms with Crippen molar-refractivity contribution in [3.8, 4) is 23.0 Å². The van der Waals surface area contributed by atoms with Gasteiger partial charge in [-0.3, -0.25) is 19.5 Å². The number of carbonyl (C=O) groups excluding carboxylic acids is 2. The molecule has 4 rings (SSSR count). The van der Waals surface area contributed by atoms with Gasteiger partial charge in [0.15, 0.2) is 28.5 Å². The van der Waals surface area contributed by atoms with Gasteiger partial charge in [-0.1, -0.05) is 6.07 Å². The van der Waals surface area contributed by atoms with E-state index in [1.165, 1.54) is 33.3 Å². The molecule has 9 nitrogen and oxygen atoms in total. The van der Waals surface area contributed by atoms with E-state index in [0.717, 1.165) is 0 Å². The second kappa shape index (κ2) is 9.30. The maximum Gasteiger partial charge on any atom is 0.255 e. The zero-order chi connectivity index (χ0) is 24.3. The molecule has 2 aromatic carbocycles. The Morgan fingerprint density at radius 3 is 2.15 bits per heavy atom. The average molecular weight is 463 g/mol. The van der Waals surface area contributed by atoms with Crippen molar-refractivity contribution in [2.45, 2.75) is 12.0 Å². The number of β-lactam (4-membered cyclic amide) rings is 1. The molecule has 1 N–H and O–H groups in total. The van der Waals surface area contributed by atoms with Crippen LogP contribution >= 0.6 is 0 Å². The van der Waals surface area contributed by atoms with Crippen molar-refractivity contribution >= 4 is 23.2 Å². The molecule has 0 radical (unpaired) electrons. The lowest BCUT2D eigenvalue weighted by Crippen LogP contribution is -2.67. The van der Waals surface area contributed by atoms with Gasteiger partial charge in [0.05, 0.1) is 34.9 Å². The van der Waals surface area contributed by atoms with E-state index >= 15 is 0 Å². The number of nitrogens with zero attached hydrogens (tertiary/aromatic N) is 2. The summed E-state index contributed by atoms with van der Waals surface area (Å²) in [6.07, 6.45) is 3.19. The van der Waals surface area contributed by atoms with E-state index in [9.17, 15) is 9.59 Å². The number of hydrogen-bond donors (Lipinski definition) is 1. The van der Waals surface area contributed by atoms with Crippen LogP contribution in [0, 0.1) is 0 Å². The summed E-state index contributed by atoms with van der Waals surface area (Å²) in [5.74, 6) is 1.37. The molecule has 1 fully saturated rings. The van der Waals surface area contributed by atoms with Crippen LogP contribution in [0.4, 0.5) is 11.4 Å². The molecule has 1 aliphatic rings. The Hall–Kier alpha value is -4.27. The van der Waals surface area contributed by atoms with E-state index in [4.69, 9.17) is 18.9 Å². The lowest BCUT2D eigenvalue weighted by atomic mass is 9.76. The van der Waals surface area contributed by atoms with Crippen LogP contribution in [-0.4, -0.2) is 45.2 Å². The third-order valence-electron chi connectivity index (χ3n) is 5.82. The fraction of sp³-hybridized carbons (Fsp3) is 0.240. The quantitative estimate of drug-likeness (QED) is 0.511. The van der Waals surface area contributed by atoms with Gasteiger partial charge in [0, 0.05) is 41.5 Å². The van der Waals surface area contributed by atoms with Crippen LogP contribution in [0.15, 0.2) is 60.9 Å². The fourth-order valence-corrected chi connectivity index (χ4v) is 4.13. The van der Waals surface area contributed by atoms with Crippen LogP contribution in [0.2, 0.25) is 0 Å². The Morgan fingerprint density at radius 2 is 1.56 bits per heavy atom. The largest absolute Gasteiger partial charge is 0.493 e. The molecule has 34 heavy (non-hydrogen) atoms. The molecule has 1 atom stereocenters. The summed E-state index contributed by atoms with van der Waals surface area (Å²) in [7, 11) is 6.10. The van der Waals surface area contributed by atoms with Gasteiger partial charge >= 0.3 is 0 Å². The zero-order valence-electron chi connectivity index (χ0n) is 19.3. The van der Waals surface area contributed by atoms with E-state index in [1.807, 2.05) is 0 Å². The first kappa shape index (κ1) is 22.9. The average Bonchev–Trinajstić information content (AvgIpc) is 2.87. The number of hydrogen-bond acceptors (Lipinski definition) is 7. The Balaban J connectivity index is 1.77. The molecule has 0 bridgehead atoms. The zero-order valence-corrected chi connectivity index (χ0v) is 19.3. The van der Waals surface area contributed by atoms with Gasteiger partial charge in [-0.25, -0.2) is 0 Å². The Bertz CT molecular complexity index is 1220. The highest BCUT2D eigenvalue weighted by Crippen LogP contribution is 2.47. The second-order valence-electron chi connectivity index (χ2n) is 7.57. The molecular formula is C25H25N3O6. The maximum absolute atomic E-state index is 13.8. The van der Waals surface area contributed by atoms with Crippen molar-refractivity contribution in [3.05, 3.63) is 66.5 Å². The molecule has 1 aromatic heterocycles. The van der Waals surface area contributed by atoms with Gasteiger partial charge in [-0.05, 0) is 30.3 Å². The van der Waals surface area contributed by atoms with Crippen LogP contribution < -0.4 is 29.2 Å².